The van der Waals surface area contributed by atoms with Crippen LogP contribution in [0.3, 0.4) is 0 Å². The van der Waals surface area contributed by atoms with Gasteiger partial charge in [0.25, 0.3) is 17.5 Å². The molecule has 178 valence electrons. The highest BCUT2D eigenvalue weighted by atomic mass is 16.6. The molecule has 9 nitrogen and oxygen atoms in total. The van der Waals surface area contributed by atoms with Crippen LogP contribution in [0.15, 0.2) is 95.1 Å². The van der Waals surface area contributed by atoms with Gasteiger partial charge in [-0.05, 0) is 38.1 Å². The lowest BCUT2D eigenvalue weighted by Crippen LogP contribution is -2.40. The quantitative estimate of drug-likeness (QED) is 0.405. The zero-order valence-corrected chi connectivity index (χ0v) is 19.5. The third-order valence-corrected chi connectivity index (χ3v) is 7.55. The van der Waals surface area contributed by atoms with Crippen LogP contribution in [-0.4, -0.2) is 28.2 Å². The first-order valence-corrected chi connectivity index (χ1v) is 11.5. The summed E-state index contributed by atoms with van der Waals surface area (Å²) >= 11 is 0. The summed E-state index contributed by atoms with van der Waals surface area (Å²) in [6, 6.07) is 24.2. The van der Waals surface area contributed by atoms with Gasteiger partial charge in [0, 0.05) is 17.5 Å². The van der Waals surface area contributed by atoms with Crippen LogP contribution in [0.4, 0.5) is 17.1 Å². The highest BCUT2D eigenvalue weighted by Gasteiger charge is 2.91. The number of benzene rings is 3. The molecule has 2 aliphatic heterocycles. The number of carbonyl (C=O) groups is 2. The fourth-order valence-corrected chi connectivity index (χ4v) is 6.09. The number of hydrogen-bond donors (Lipinski definition) is 0. The van der Waals surface area contributed by atoms with Gasteiger partial charge in [0.15, 0.2) is 0 Å². The molecule has 9 heteroatoms. The normalized spacial score (nSPS) is 26.6. The first-order chi connectivity index (χ1) is 17.4. The molecule has 3 aliphatic rings. The molecule has 2 amide bonds. The SMILES string of the molecule is CC1=NN(c2ccccc2)C(=O)[C@@]12C(c1ccccc1[N+](=O)[O-])[C@@]21C(=O)N(c2ccccc2)N=C1C. The van der Waals surface area contributed by atoms with Crippen molar-refractivity contribution in [2.75, 3.05) is 10.0 Å². The van der Waals surface area contributed by atoms with Crippen LogP contribution in [0.1, 0.15) is 25.3 Å². The Morgan fingerprint density at radius 1 is 0.722 bits per heavy atom. The van der Waals surface area contributed by atoms with Gasteiger partial charge in [-0.3, -0.25) is 19.7 Å². The van der Waals surface area contributed by atoms with Crippen LogP contribution in [0.25, 0.3) is 0 Å². The van der Waals surface area contributed by atoms with Gasteiger partial charge in [0.05, 0.1) is 27.7 Å². The Hall–Kier alpha value is -4.66. The van der Waals surface area contributed by atoms with Crippen molar-refractivity contribution in [3.05, 3.63) is 101 Å². The molecule has 3 aromatic carbocycles. The van der Waals surface area contributed by atoms with E-state index < -0.39 is 33.5 Å². The summed E-state index contributed by atoms with van der Waals surface area (Å²) in [4.78, 5) is 40.1. The Labute approximate surface area is 206 Å². The molecular weight excluding hydrogens is 458 g/mol. The van der Waals surface area contributed by atoms with Gasteiger partial charge < -0.3 is 0 Å². The number of hydrazone groups is 2. The number of fused-ring (bicyclic) bond motifs is 1. The van der Waals surface area contributed by atoms with E-state index in [2.05, 4.69) is 10.2 Å². The minimum absolute atomic E-state index is 0.142. The van der Waals surface area contributed by atoms with Gasteiger partial charge in [0.2, 0.25) is 0 Å². The second-order valence-corrected chi connectivity index (χ2v) is 9.14. The van der Waals surface area contributed by atoms with Crippen LogP contribution in [-0.2, 0) is 9.59 Å². The number of nitro benzene ring substituents is 1. The van der Waals surface area contributed by atoms with Crippen molar-refractivity contribution in [1.29, 1.82) is 0 Å². The molecule has 1 saturated carbocycles. The first-order valence-electron chi connectivity index (χ1n) is 11.5. The predicted molar refractivity (Wildman–Crippen MR) is 135 cm³/mol. The van der Waals surface area contributed by atoms with Crippen molar-refractivity contribution in [2.24, 2.45) is 21.0 Å². The third-order valence-electron chi connectivity index (χ3n) is 7.55. The highest BCUT2D eigenvalue weighted by molar-refractivity contribution is 6.37. The van der Waals surface area contributed by atoms with E-state index in [0.717, 1.165) is 0 Å². The molecule has 2 heterocycles. The maximum Gasteiger partial charge on any atom is 0.272 e. The van der Waals surface area contributed by atoms with Crippen LogP contribution in [0.5, 0.6) is 0 Å². The van der Waals surface area contributed by atoms with E-state index in [0.29, 0.717) is 28.4 Å². The summed E-state index contributed by atoms with van der Waals surface area (Å²) in [5.74, 6) is -1.62. The number of anilines is 2. The molecule has 1 fully saturated rings. The van der Waals surface area contributed by atoms with Crippen molar-refractivity contribution < 1.29 is 14.5 Å². The summed E-state index contributed by atoms with van der Waals surface area (Å²) in [5, 5.41) is 23.8. The van der Waals surface area contributed by atoms with Gasteiger partial charge in [-0.1, -0.05) is 54.6 Å². The number of rotatable bonds is 4. The van der Waals surface area contributed by atoms with Crippen LogP contribution in [0.2, 0.25) is 0 Å². The summed E-state index contributed by atoms with van der Waals surface area (Å²) in [5.41, 5.74) is -0.708. The van der Waals surface area contributed by atoms with Crippen LogP contribution in [0, 0.1) is 20.9 Å². The van der Waals surface area contributed by atoms with Gasteiger partial charge in [-0.15, -0.1) is 0 Å². The predicted octanol–water partition coefficient (Wildman–Crippen LogP) is 4.51. The average molecular weight is 479 g/mol. The molecule has 6 rings (SSSR count). The number of amides is 2. The van der Waals surface area contributed by atoms with Crippen LogP contribution < -0.4 is 10.0 Å². The molecular formula is C27H21N5O4. The van der Waals surface area contributed by atoms with Gasteiger partial charge in [-0.2, -0.15) is 20.2 Å². The van der Waals surface area contributed by atoms with Crippen molar-refractivity contribution in [2.45, 2.75) is 19.8 Å². The molecule has 0 unspecified atom stereocenters. The number of carbonyl (C=O) groups excluding carboxylic acids is 2. The summed E-state index contributed by atoms with van der Waals surface area (Å²) in [7, 11) is 0. The Kier molecular flexibility index (Phi) is 4.50. The van der Waals surface area contributed by atoms with Gasteiger partial charge in [0.1, 0.15) is 10.8 Å². The lowest BCUT2D eigenvalue weighted by molar-refractivity contribution is -0.385. The summed E-state index contributed by atoms with van der Waals surface area (Å²) < 4.78 is 0. The molecule has 0 saturated heterocycles. The molecule has 2 atom stereocenters. The highest BCUT2D eigenvalue weighted by Crippen LogP contribution is 2.80. The van der Waals surface area contributed by atoms with E-state index in [1.807, 2.05) is 12.1 Å². The average Bonchev–Trinajstić information content (AvgIpc) is 3.38. The maximum atomic E-state index is 14.3. The minimum Gasteiger partial charge on any atom is -0.271 e. The number of nitro groups is 1. The second-order valence-electron chi connectivity index (χ2n) is 9.14. The Bertz CT molecular complexity index is 1420. The fraction of sp³-hybridized carbons (Fsp3) is 0.185. The summed E-state index contributed by atoms with van der Waals surface area (Å²) in [6.07, 6.45) is 0. The fourth-order valence-electron chi connectivity index (χ4n) is 6.09. The molecule has 36 heavy (non-hydrogen) atoms. The topological polar surface area (TPSA) is 108 Å². The molecule has 3 aromatic rings. The van der Waals surface area contributed by atoms with E-state index in [1.54, 1.807) is 80.6 Å². The number of nitrogens with zero attached hydrogens (tertiary/aromatic N) is 5. The van der Waals surface area contributed by atoms with Crippen LogP contribution >= 0.6 is 0 Å². The molecule has 0 radical (unpaired) electrons. The second kappa shape index (κ2) is 7.42. The maximum absolute atomic E-state index is 14.3. The number of hydrogen-bond acceptors (Lipinski definition) is 6. The van der Waals surface area contributed by atoms with E-state index >= 15 is 0 Å². The number of para-hydroxylation sites is 3. The van der Waals surface area contributed by atoms with E-state index in [1.165, 1.54) is 16.1 Å². The Morgan fingerprint density at radius 3 is 1.58 bits per heavy atom. The molecule has 0 N–H and O–H groups in total. The van der Waals surface area contributed by atoms with Gasteiger partial charge in [-0.25, -0.2) is 0 Å². The molecule has 0 aromatic heterocycles. The standard InChI is InChI=1S/C27H21N5O4/c1-17-26(24(33)30(28-17)19-11-5-3-6-12-19)23(21-15-9-10-16-22(21)32(35)36)27(26)18(2)29-31(25(27)34)20-13-7-4-8-14-20/h3-16,23H,1-2H3/t26-,27-/m0/s1. The largest absolute Gasteiger partial charge is 0.272 e. The van der Waals surface area contributed by atoms with E-state index in [-0.39, 0.29) is 5.69 Å². The molecule has 2 spiro atoms. The monoisotopic (exact) mass is 479 g/mol. The van der Waals surface area contributed by atoms with E-state index in [4.69, 9.17) is 0 Å². The van der Waals surface area contributed by atoms with Gasteiger partial charge >= 0.3 is 0 Å². The minimum atomic E-state index is -1.43. The first kappa shape index (κ1) is 21.8. The van der Waals surface area contributed by atoms with Crippen molar-refractivity contribution in [3.63, 3.8) is 0 Å². The zero-order valence-electron chi connectivity index (χ0n) is 19.5. The lowest BCUT2D eigenvalue weighted by Gasteiger charge is -2.18. The Balaban J connectivity index is 1.58. The van der Waals surface area contributed by atoms with Crippen molar-refractivity contribution >= 4 is 40.3 Å². The zero-order chi connectivity index (χ0) is 25.2. The smallest absolute Gasteiger partial charge is 0.271 e. The summed E-state index contributed by atoms with van der Waals surface area (Å²) in [6.45, 7) is 3.42. The van der Waals surface area contributed by atoms with Crippen molar-refractivity contribution in [3.8, 4) is 0 Å². The Morgan fingerprint density at radius 2 is 1.14 bits per heavy atom. The van der Waals surface area contributed by atoms with Crippen molar-refractivity contribution in [1.82, 2.24) is 0 Å². The molecule has 0 bridgehead atoms. The lowest BCUT2D eigenvalue weighted by atomic mass is 9.85. The van der Waals surface area contributed by atoms with E-state index in [9.17, 15) is 19.7 Å². The molecule has 1 aliphatic carbocycles. The third kappa shape index (κ3) is 2.49.